The average molecular weight is 305 g/mol. The van der Waals surface area contributed by atoms with Gasteiger partial charge in [0.15, 0.2) is 0 Å². The Hall–Kier alpha value is -1.79. The lowest BCUT2D eigenvalue weighted by atomic mass is 10.2. The summed E-state index contributed by atoms with van der Waals surface area (Å²) < 4.78 is 0. The first-order valence-corrected chi connectivity index (χ1v) is 7.75. The molecule has 0 atom stereocenters. The molecule has 112 valence electrons. The van der Waals surface area contributed by atoms with Gasteiger partial charge in [-0.1, -0.05) is 13.3 Å². The Balaban J connectivity index is 2.24. The molecule has 5 nitrogen and oxygen atoms in total. The maximum atomic E-state index is 11.4. The number of hydrogen-bond donors (Lipinski definition) is 1. The molecule has 0 amide bonds. The van der Waals surface area contributed by atoms with E-state index in [2.05, 4.69) is 21.8 Å². The van der Waals surface area contributed by atoms with Crippen LogP contribution >= 0.6 is 11.3 Å². The standard InChI is InChI=1S/C15H19N3O2S/c1-3-4-8-18(2)10-12-17-13(14(21-12)15(19)20)11-6-5-7-16-9-11/h5-7,9H,3-4,8,10H2,1-2H3,(H,19,20). The van der Waals surface area contributed by atoms with E-state index in [9.17, 15) is 9.90 Å². The number of unbranched alkanes of at least 4 members (excludes halogenated alkanes) is 1. The van der Waals surface area contributed by atoms with Crippen molar-refractivity contribution in [2.24, 2.45) is 0 Å². The van der Waals surface area contributed by atoms with Gasteiger partial charge in [0.1, 0.15) is 9.88 Å². The molecule has 0 saturated heterocycles. The van der Waals surface area contributed by atoms with Gasteiger partial charge < -0.3 is 5.11 Å². The fourth-order valence-corrected chi connectivity index (χ4v) is 3.02. The topological polar surface area (TPSA) is 66.3 Å². The van der Waals surface area contributed by atoms with E-state index in [-0.39, 0.29) is 4.88 Å². The summed E-state index contributed by atoms with van der Waals surface area (Å²) in [7, 11) is 2.03. The van der Waals surface area contributed by atoms with Crippen molar-refractivity contribution in [2.75, 3.05) is 13.6 Å². The Morgan fingerprint density at radius 2 is 2.29 bits per heavy atom. The van der Waals surface area contributed by atoms with Gasteiger partial charge in [-0.05, 0) is 32.1 Å². The molecule has 21 heavy (non-hydrogen) atoms. The maximum Gasteiger partial charge on any atom is 0.348 e. The number of thiazole rings is 1. The zero-order chi connectivity index (χ0) is 15.2. The molecule has 0 unspecified atom stereocenters. The van der Waals surface area contributed by atoms with Crippen molar-refractivity contribution in [1.29, 1.82) is 0 Å². The van der Waals surface area contributed by atoms with E-state index < -0.39 is 5.97 Å². The van der Waals surface area contributed by atoms with Crippen molar-refractivity contribution < 1.29 is 9.90 Å². The van der Waals surface area contributed by atoms with E-state index in [1.807, 2.05) is 13.1 Å². The third kappa shape index (κ3) is 4.09. The van der Waals surface area contributed by atoms with Gasteiger partial charge in [-0.2, -0.15) is 0 Å². The number of aromatic nitrogens is 2. The largest absolute Gasteiger partial charge is 0.477 e. The van der Waals surface area contributed by atoms with Crippen LogP contribution in [0.2, 0.25) is 0 Å². The average Bonchev–Trinajstić information content (AvgIpc) is 2.90. The predicted molar refractivity (Wildman–Crippen MR) is 83.5 cm³/mol. The van der Waals surface area contributed by atoms with Gasteiger partial charge in [0, 0.05) is 18.0 Å². The molecule has 1 N–H and O–H groups in total. The molecule has 0 aliphatic carbocycles. The molecular formula is C15H19N3O2S. The first-order chi connectivity index (χ1) is 10.1. The monoisotopic (exact) mass is 305 g/mol. The number of carboxylic acids is 1. The molecule has 0 saturated carbocycles. The molecule has 2 heterocycles. The van der Waals surface area contributed by atoms with Crippen LogP contribution in [-0.2, 0) is 6.54 Å². The molecule has 0 spiro atoms. The molecule has 0 bridgehead atoms. The number of pyridine rings is 1. The van der Waals surface area contributed by atoms with Crippen LogP contribution in [0.1, 0.15) is 34.4 Å². The number of hydrogen-bond acceptors (Lipinski definition) is 5. The van der Waals surface area contributed by atoms with E-state index in [4.69, 9.17) is 0 Å². The van der Waals surface area contributed by atoms with E-state index in [0.717, 1.165) is 30.0 Å². The number of rotatable bonds is 7. The number of aromatic carboxylic acids is 1. The molecule has 2 rings (SSSR count). The highest BCUT2D eigenvalue weighted by Crippen LogP contribution is 2.28. The van der Waals surface area contributed by atoms with Crippen LogP contribution in [-0.4, -0.2) is 39.5 Å². The van der Waals surface area contributed by atoms with Gasteiger partial charge in [0.2, 0.25) is 0 Å². The van der Waals surface area contributed by atoms with Crippen LogP contribution in [0.25, 0.3) is 11.3 Å². The van der Waals surface area contributed by atoms with Gasteiger partial charge in [-0.15, -0.1) is 11.3 Å². The Morgan fingerprint density at radius 1 is 1.48 bits per heavy atom. The molecule has 2 aromatic rings. The minimum atomic E-state index is -0.936. The van der Waals surface area contributed by atoms with Gasteiger partial charge in [0.05, 0.1) is 12.2 Å². The number of nitrogens with zero attached hydrogens (tertiary/aromatic N) is 3. The lowest BCUT2D eigenvalue weighted by molar-refractivity contribution is 0.0702. The fourth-order valence-electron chi connectivity index (χ4n) is 2.01. The summed E-state index contributed by atoms with van der Waals surface area (Å²) in [4.78, 5) is 22.4. The second kappa shape index (κ2) is 7.28. The first kappa shape index (κ1) is 15.6. The van der Waals surface area contributed by atoms with E-state index in [1.54, 1.807) is 18.5 Å². The lowest BCUT2D eigenvalue weighted by Crippen LogP contribution is -2.18. The third-order valence-electron chi connectivity index (χ3n) is 3.10. The number of carboxylic acid groups (broad SMARTS) is 1. The molecule has 0 aliphatic heterocycles. The van der Waals surface area contributed by atoms with Crippen LogP contribution in [0, 0.1) is 0 Å². The van der Waals surface area contributed by atoms with Gasteiger partial charge in [-0.25, -0.2) is 9.78 Å². The second-order valence-electron chi connectivity index (χ2n) is 4.92. The summed E-state index contributed by atoms with van der Waals surface area (Å²) >= 11 is 1.24. The Morgan fingerprint density at radius 3 is 2.90 bits per heavy atom. The fraction of sp³-hybridized carbons (Fsp3) is 0.400. The van der Waals surface area contributed by atoms with E-state index in [1.165, 1.54) is 11.3 Å². The molecular weight excluding hydrogens is 286 g/mol. The van der Waals surface area contributed by atoms with Gasteiger partial charge >= 0.3 is 5.97 Å². The normalized spacial score (nSPS) is 11.0. The third-order valence-corrected chi connectivity index (χ3v) is 4.13. The van der Waals surface area contributed by atoms with Gasteiger partial charge in [0.25, 0.3) is 0 Å². The van der Waals surface area contributed by atoms with Crippen molar-refractivity contribution in [3.8, 4) is 11.3 Å². The van der Waals surface area contributed by atoms with Crippen LogP contribution in [0.4, 0.5) is 0 Å². The molecule has 0 radical (unpaired) electrons. The van der Waals surface area contributed by atoms with Crippen molar-refractivity contribution in [3.63, 3.8) is 0 Å². The summed E-state index contributed by atoms with van der Waals surface area (Å²) in [6.07, 6.45) is 5.58. The van der Waals surface area contributed by atoms with E-state index in [0.29, 0.717) is 12.2 Å². The molecule has 0 aliphatic rings. The molecule has 6 heteroatoms. The van der Waals surface area contributed by atoms with Crippen LogP contribution in [0.3, 0.4) is 0 Å². The van der Waals surface area contributed by atoms with Crippen molar-refractivity contribution >= 4 is 17.3 Å². The molecule has 2 aromatic heterocycles. The van der Waals surface area contributed by atoms with E-state index >= 15 is 0 Å². The summed E-state index contributed by atoms with van der Waals surface area (Å²) in [5, 5.41) is 10.2. The molecule has 0 aromatic carbocycles. The van der Waals surface area contributed by atoms with Crippen LogP contribution < -0.4 is 0 Å². The highest BCUT2D eigenvalue weighted by molar-refractivity contribution is 7.14. The summed E-state index contributed by atoms with van der Waals surface area (Å²) in [5.74, 6) is -0.936. The zero-order valence-electron chi connectivity index (χ0n) is 12.2. The lowest BCUT2D eigenvalue weighted by Gasteiger charge is -2.13. The summed E-state index contributed by atoms with van der Waals surface area (Å²) in [5.41, 5.74) is 1.26. The minimum absolute atomic E-state index is 0.280. The quantitative estimate of drug-likeness (QED) is 0.851. The maximum absolute atomic E-state index is 11.4. The minimum Gasteiger partial charge on any atom is -0.477 e. The SMILES string of the molecule is CCCCN(C)Cc1nc(-c2cccnc2)c(C(=O)O)s1. The Labute approximate surface area is 128 Å². The smallest absolute Gasteiger partial charge is 0.348 e. The second-order valence-corrected chi connectivity index (χ2v) is 6.01. The highest BCUT2D eigenvalue weighted by atomic mass is 32.1. The van der Waals surface area contributed by atoms with Crippen LogP contribution in [0.5, 0.6) is 0 Å². The van der Waals surface area contributed by atoms with Crippen molar-refractivity contribution in [3.05, 3.63) is 34.4 Å². The van der Waals surface area contributed by atoms with Crippen molar-refractivity contribution in [2.45, 2.75) is 26.3 Å². The van der Waals surface area contributed by atoms with Crippen LogP contribution in [0.15, 0.2) is 24.5 Å². The zero-order valence-corrected chi connectivity index (χ0v) is 13.1. The Bertz CT molecular complexity index is 598. The van der Waals surface area contributed by atoms with Gasteiger partial charge in [-0.3, -0.25) is 9.88 Å². The first-order valence-electron chi connectivity index (χ1n) is 6.93. The number of carbonyl (C=O) groups is 1. The molecule has 0 fully saturated rings. The summed E-state index contributed by atoms with van der Waals surface area (Å²) in [6, 6.07) is 3.62. The summed E-state index contributed by atoms with van der Waals surface area (Å²) in [6.45, 7) is 3.81. The Kier molecular flexibility index (Phi) is 5.41. The van der Waals surface area contributed by atoms with Crippen molar-refractivity contribution in [1.82, 2.24) is 14.9 Å². The predicted octanol–water partition coefficient (Wildman–Crippen LogP) is 3.14. The highest BCUT2D eigenvalue weighted by Gasteiger charge is 2.19.